The van der Waals surface area contributed by atoms with Gasteiger partial charge in [-0.1, -0.05) is 19.1 Å². The summed E-state index contributed by atoms with van der Waals surface area (Å²) < 4.78 is 23.7. The fourth-order valence-corrected chi connectivity index (χ4v) is 5.09. The van der Waals surface area contributed by atoms with Crippen LogP contribution in [0.4, 0.5) is 0 Å². The minimum absolute atomic E-state index is 0.0503. The van der Waals surface area contributed by atoms with Crippen molar-refractivity contribution in [2.24, 2.45) is 11.3 Å². The van der Waals surface area contributed by atoms with Gasteiger partial charge in [0.25, 0.3) is 0 Å². The van der Waals surface area contributed by atoms with Gasteiger partial charge in [-0.25, -0.2) is 0 Å². The van der Waals surface area contributed by atoms with E-state index in [1.54, 1.807) is 14.2 Å². The molecule has 1 aromatic rings. The lowest BCUT2D eigenvalue weighted by Crippen LogP contribution is -2.30. The molecule has 1 aliphatic heterocycles. The molecule has 0 unspecified atom stereocenters. The van der Waals surface area contributed by atoms with Gasteiger partial charge in [-0.3, -0.25) is 0 Å². The first kappa shape index (κ1) is 20.6. The normalized spacial score (nSPS) is 26.5. The fraction of sp³-hybridized carbons (Fsp3) is 0.478. The Bertz CT molecular complexity index is 805. The van der Waals surface area contributed by atoms with Gasteiger partial charge in [0, 0.05) is 17.4 Å². The van der Waals surface area contributed by atoms with Gasteiger partial charge >= 0.3 is 0 Å². The van der Waals surface area contributed by atoms with Crippen molar-refractivity contribution < 1.29 is 18.6 Å². The molecule has 152 valence electrons. The van der Waals surface area contributed by atoms with Crippen LogP contribution in [-0.2, 0) is 9.16 Å². The van der Waals surface area contributed by atoms with E-state index in [0.717, 1.165) is 41.4 Å². The van der Waals surface area contributed by atoms with Gasteiger partial charge in [0.2, 0.25) is 8.32 Å². The minimum atomic E-state index is -1.67. The van der Waals surface area contributed by atoms with Crippen LogP contribution in [0.2, 0.25) is 19.6 Å². The summed E-state index contributed by atoms with van der Waals surface area (Å²) in [5, 5.41) is 0. The molecule has 1 aliphatic carbocycles. The molecule has 0 saturated carbocycles. The van der Waals surface area contributed by atoms with Crippen molar-refractivity contribution in [3.63, 3.8) is 0 Å². The fourth-order valence-electron chi connectivity index (χ4n) is 4.24. The topological polar surface area (TPSA) is 36.9 Å². The molecule has 1 aromatic carbocycles. The maximum absolute atomic E-state index is 6.55. The molecular formula is C23H32O4Si. The van der Waals surface area contributed by atoms with E-state index in [4.69, 9.17) is 18.6 Å². The van der Waals surface area contributed by atoms with Gasteiger partial charge in [0.15, 0.2) is 11.5 Å². The smallest absolute Gasteiger partial charge is 0.242 e. The molecule has 2 aliphatic rings. The van der Waals surface area contributed by atoms with Crippen molar-refractivity contribution in [2.75, 3.05) is 14.2 Å². The number of hydrogen-bond donors (Lipinski definition) is 0. The highest BCUT2D eigenvalue weighted by molar-refractivity contribution is 6.70. The molecule has 28 heavy (non-hydrogen) atoms. The second-order valence-electron chi connectivity index (χ2n) is 8.62. The lowest BCUT2D eigenvalue weighted by molar-refractivity contribution is 0.135. The summed E-state index contributed by atoms with van der Waals surface area (Å²) in [6, 6.07) is 6.03. The average Bonchev–Trinajstić information content (AvgIpc) is 2.92. The second kappa shape index (κ2) is 7.70. The Hall–Kier alpha value is -2.14. The molecule has 0 aromatic heterocycles. The number of rotatable bonds is 7. The largest absolute Gasteiger partial charge is 0.544 e. The summed E-state index contributed by atoms with van der Waals surface area (Å²) in [7, 11) is 1.64. The Morgan fingerprint density at radius 3 is 2.54 bits per heavy atom. The van der Waals surface area contributed by atoms with Gasteiger partial charge in [0.1, 0.15) is 17.6 Å². The summed E-state index contributed by atoms with van der Waals surface area (Å²) in [6.45, 7) is 12.9. The summed E-state index contributed by atoms with van der Waals surface area (Å²) in [5.74, 6) is 3.68. The van der Waals surface area contributed by atoms with Crippen LogP contribution in [0, 0.1) is 11.3 Å². The van der Waals surface area contributed by atoms with Crippen molar-refractivity contribution in [3.8, 4) is 11.5 Å². The molecule has 3 rings (SSSR count). The highest BCUT2D eigenvalue weighted by Gasteiger charge is 2.52. The maximum atomic E-state index is 6.55. The molecule has 1 fully saturated rings. The number of benzene rings is 1. The minimum Gasteiger partial charge on any atom is -0.544 e. The summed E-state index contributed by atoms with van der Waals surface area (Å²) in [6.07, 6.45) is 8.05. The SMILES string of the molecule is C=CC[C@]12CC=C(O[Si](C)(C)C)C=C1O[C@@H](c1ccc(OC)c(OC)c1)[C@H]2C. The number of hydrogen-bond acceptors (Lipinski definition) is 4. The molecule has 0 amide bonds. The van der Waals surface area contributed by atoms with Crippen molar-refractivity contribution in [1.29, 1.82) is 0 Å². The molecule has 3 atom stereocenters. The Kier molecular flexibility index (Phi) is 5.66. The van der Waals surface area contributed by atoms with Gasteiger partial charge < -0.3 is 18.6 Å². The Morgan fingerprint density at radius 2 is 1.93 bits per heavy atom. The van der Waals surface area contributed by atoms with Gasteiger partial charge in [-0.05, 0) is 56.3 Å². The van der Waals surface area contributed by atoms with Crippen molar-refractivity contribution >= 4 is 8.32 Å². The van der Waals surface area contributed by atoms with Crippen LogP contribution < -0.4 is 9.47 Å². The molecule has 4 nitrogen and oxygen atoms in total. The van der Waals surface area contributed by atoms with Crippen LogP contribution in [0.15, 0.2) is 54.5 Å². The van der Waals surface area contributed by atoms with E-state index in [2.05, 4.69) is 51.4 Å². The summed E-state index contributed by atoms with van der Waals surface area (Å²) >= 11 is 0. The van der Waals surface area contributed by atoms with Crippen molar-refractivity contribution in [2.45, 2.75) is 45.5 Å². The van der Waals surface area contributed by atoms with Crippen LogP contribution in [-0.4, -0.2) is 22.5 Å². The number of allylic oxidation sites excluding steroid dienone is 4. The van der Waals surface area contributed by atoms with Crippen LogP contribution in [0.1, 0.15) is 31.4 Å². The lowest BCUT2D eigenvalue weighted by Gasteiger charge is -2.34. The zero-order chi connectivity index (χ0) is 20.5. The van der Waals surface area contributed by atoms with Gasteiger partial charge in [-0.2, -0.15) is 0 Å². The average molecular weight is 401 g/mol. The van der Waals surface area contributed by atoms with Crippen molar-refractivity contribution in [3.05, 3.63) is 60.1 Å². The highest BCUT2D eigenvalue weighted by Crippen LogP contribution is 2.59. The zero-order valence-electron chi connectivity index (χ0n) is 17.9. The number of fused-ring (bicyclic) bond motifs is 1. The summed E-state index contributed by atoms with van der Waals surface area (Å²) in [4.78, 5) is 0. The van der Waals surface area contributed by atoms with Crippen molar-refractivity contribution in [1.82, 2.24) is 0 Å². The maximum Gasteiger partial charge on any atom is 0.242 e. The molecule has 5 heteroatoms. The highest BCUT2D eigenvalue weighted by atomic mass is 28.4. The molecular weight excluding hydrogens is 368 g/mol. The van der Waals surface area contributed by atoms with E-state index in [9.17, 15) is 0 Å². The Balaban J connectivity index is 1.96. The van der Waals surface area contributed by atoms with Gasteiger partial charge in [0.05, 0.1) is 14.2 Å². The molecule has 1 saturated heterocycles. The first-order valence-corrected chi connectivity index (χ1v) is 13.3. The van der Waals surface area contributed by atoms with E-state index in [1.165, 1.54) is 0 Å². The Labute approximate surface area is 170 Å². The molecule has 0 N–H and O–H groups in total. The third-order valence-corrected chi connectivity index (χ3v) is 6.53. The van der Waals surface area contributed by atoms with Crippen LogP contribution >= 0.6 is 0 Å². The predicted octanol–water partition coefficient (Wildman–Crippen LogP) is 6.00. The monoisotopic (exact) mass is 400 g/mol. The first-order chi connectivity index (χ1) is 13.2. The number of ether oxygens (including phenoxy) is 3. The first-order valence-electron chi connectivity index (χ1n) is 9.85. The van der Waals surface area contributed by atoms with E-state index < -0.39 is 8.32 Å². The van der Waals surface area contributed by atoms with Crippen LogP contribution in [0.5, 0.6) is 11.5 Å². The number of methoxy groups -OCH3 is 2. The summed E-state index contributed by atoms with van der Waals surface area (Å²) in [5.41, 5.74) is 1.02. The quantitative estimate of drug-likeness (QED) is 0.416. The lowest BCUT2D eigenvalue weighted by atomic mass is 9.67. The van der Waals surface area contributed by atoms with Crippen LogP contribution in [0.25, 0.3) is 0 Å². The van der Waals surface area contributed by atoms with E-state index in [0.29, 0.717) is 5.92 Å². The third kappa shape index (κ3) is 3.72. The molecule has 0 spiro atoms. The standard InChI is InChI=1S/C23H32O4Si/c1-8-12-23-13-11-18(27-28(5,6)7)15-21(23)26-22(16(23)2)17-9-10-19(24-3)20(14-17)25-4/h8-11,14-16,22H,1,12-13H2,2-7H3/t16-,22-,23-/m1/s1. The van der Waals surface area contributed by atoms with E-state index in [-0.39, 0.29) is 11.5 Å². The molecule has 1 heterocycles. The zero-order valence-corrected chi connectivity index (χ0v) is 18.9. The molecule has 0 radical (unpaired) electrons. The predicted molar refractivity (Wildman–Crippen MR) is 115 cm³/mol. The Morgan fingerprint density at radius 1 is 1.21 bits per heavy atom. The van der Waals surface area contributed by atoms with Gasteiger partial charge in [-0.15, -0.1) is 6.58 Å². The molecule has 0 bridgehead atoms. The van der Waals surface area contributed by atoms with E-state index in [1.807, 2.05) is 18.2 Å². The third-order valence-electron chi connectivity index (χ3n) is 5.68. The second-order valence-corrected chi connectivity index (χ2v) is 13.1. The van der Waals surface area contributed by atoms with Crippen LogP contribution in [0.3, 0.4) is 0 Å². The van der Waals surface area contributed by atoms with E-state index >= 15 is 0 Å².